The van der Waals surface area contributed by atoms with Crippen LogP contribution in [-0.4, -0.2) is 67.0 Å². The minimum Gasteiger partial charge on any atom is -0.375 e. The average molecular weight is 526 g/mol. The molecule has 2 aliphatic rings. The highest BCUT2D eigenvalue weighted by atomic mass is 35.5. The molecule has 2 aromatic carbocycles. The number of nitrogens with zero attached hydrogens (tertiary/aromatic N) is 3. The van der Waals surface area contributed by atoms with Gasteiger partial charge in [-0.2, -0.15) is 0 Å². The van der Waals surface area contributed by atoms with Crippen molar-refractivity contribution in [1.82, 2.24) is 9.80 Å². The maximum absolute atomic E-state index is 13.3. The minimum atomic E-state index is -1.44. The van der Waals surface area contributed by atoms with E-state index in [1.54, 1.807) is 19.0 Å². The van der Waals surface area contributed by atoms with Gasteiger partial charge in [0.2, 0.25) is 0 Å². The van der Waals surface area contributed by atoms with Crippen LogP contribution >= 0.6 is 11.6 Å². The second kappa shape index (κ2) is 11.9. The Kier molecular flexibility index (Phi) is 8.81. The molecule has 1 N–H and O–H groups in total. The Hall–Kier alpha value is -2.57. The Morgan fingerprint density at radius 1 is 0.973 bits per heavy atom. The summed E-state index contributed by atoms with van der Waals surface area (Å²) in [6.45, 7) is 5.28. The van der Waals surface area contributed by atoms with Crippen LogP contribution in [0.1, 0.15) is 61.4 Å². The maximum atomic E-state index is 13.3. The van der Waals surface area contributed by atoms with Crippen LogP contribution in [0.15, 0.2) is 48.5 Å². The fraction of sp³-hybridized carbons (Fsp3) is 0.533. The van der Waals surface area contributed by atoms with E-state index in [9.17, 15) is 14.7 Å². The average Bonchev–Trinajstić information content (AvgIpc) is 2.93. The number of amides is 2. The minimum absolute atomic E-state index is 0.0811. The molecule has 4 rings (SSSR count). The number of likely N-dealkylation sites (tertiary alicyclic amines) is 1. The molecule has 0 aromatic heterocycles. The number of benzene rings is 2. The zero-order chi connectivity index (χ0) is 26.6. The van der Waals surface area contributed by atoms with Crippen LogP contribution in [0.5, 0.6) is 0 Å². The standard InChI is InChI=1S/C30H40ClN3O3/c1-4-30(37,24-8-6-5-7-9-24)29(36)34-18-14-23(15-19-34)20-22-12-16-33(17-13-22)25-10-11-26(27(31)21-25)28(35)32(2)3/h5-11,21-23,37H,4,12-20H2,1-3H3. The summed E-state index contributed by atoms with van der Waals surface area (Å²) >= 11 is 6.43. The molecular formula is C30H40ClN3O3. The van der Waals surface area contributed by atoms with E-state index in [2.05, 4.69) is 4.90 Å². The lowest BCUT2D eigenvalue weighted by Gasteiger charge is -2.39. The van der Waals surface area contributed by atoms with Crippen molar-refractivity contribution < 1.29 is 14.7 Å². The maximum Gasteiger partial charge on any atom is 0.259 e. The molecule has 2 heterocycles. The molecule has 37 heavy (non-hydrogen) atoms. The van der Waals surface area contributed by atoms with Gasteiger partial charge < -0.3 is 19.8 Å². The molecule has 2 amide bonds. The van der Waals surface area contributed by atoms with Crippen molar-refractivity contribution in [2.24, 2.45) is 11.8 Å². The summed E-state index contributed by atoms with van der Waals surface area (Å²) in [5, 5.41) is 11.7. The first-order chi connectivity index (χ1) is 17.7. The molecule has 0 radical (unpaired) electrons. The Balaban J connectivity index is 1.26. The molecule has 2 aromatic rings. The summed E-state index contributed by atoms with van der Waals surface area (Å²) in [5.41, 5.74) is 0.849. The fourth-order valence-corrected chi connectivity index (χ4v) is 6.09. The Labute approximate surface area is 226 Å². The van der Waals surface area contributed by atoms with Gasteiger partial charge in [-0.3, -0.25) is 9.59 Å². The highest BCUT2D eigenvalue weighted by Gasteiger charge is 2.40. The van der Waals surface area contributed by atoms with Crippen LogP contribution < -0.4 is 4.90 Å². The van der Waals surface area contributed by atoms with Gasteiger partial charge in [-0.05, 0) is 74.1 Å². The van der Waals surface area contributed by atoms with Crippen LogP contribution in [0.3, 0.4) is 0 Å². The lowest BCUT2D eigenvalue weighted by molar-refractivity contribution is -0.154. The Morgan fingerprint density at radius 2 is 1.57 bits per heavy atom. The topological polar surface area (TPSA) is 64.1 Å². The molecule has 2 fully saturated rings. The van der Waals surface area contributed by atoms with Gasteiger partial charge in [0, 0.05) is 46.0 Å². The first kappa shape index (κ1) is 27.5. The molecule has 1 atom stereocenters. The molecule has 200 valence electrons. The summed E-state index contributed by atoms with van der Waals surface area (Å²) in [6.07, 6.45) is 5.84. The summed E-state index contributed by atoms with van der Waals surface area (Å²) < 4.78 is 0. The number of hydrogen-bond donors (Lipinski definition) is 1. The van der Waals surface area contributed by atoms with Crippen LogP contribution in [0.25, 0.3) is 0 Å². The number of carbonyl (C=O) groups is 2. The third-order valence-electron chi connectivity index (χ3n) is 8.25. The molecular weight excluding hydrogens is 486 g/mol. The van der Waals surface area contributed by atoms with Crippen LogP contribution in [0, 0.1) is 11.8 Å². The van der Waals surface area contributed by atoms with Crippen molar-refractivity contribution in [3.05, 3.63) is 64.7 Å². The Bertz CT molecular complexity index is 1080. The van der Waals surface area contributed by atoms with Gasteiger partial charge in [0.25, 0.3) is 11.8 Å². The van der Waals surface area contributed by atoms with E-state index >= 15 is 0 Å². The SMILES string of the molecule is CCC(O)(C(=O)N1CCC(CC2CCN(c3ccc(C(=O)N(C)C)c(Cl)c3)CC2)CC1)c1ccccc1. The number of piperidine rings is 2. The van der Waals surface area contributed by atoms with E-state index in [1.165, 1.54) is 6.42 Å². The van der Waals surface area contributed by atoms with E-state index in [0.29, 0.717) is 47.5 Å². The number of anilines is 1. The van der Waals surface area contributed by atoms with Crippen LogP contribution in [-0.2, 0) is 10.4 Å². The zero-order valence-electron chi connectivity index (χ0n) is 22.3. The zero-order valence-corrected chi connectivity index (χ0v) is 23.1. The van der Waals surface area contributed by atoms with Crippen molar-refractivity contribution in [2.45, 2.75) is 51.0 Å². The quantitative estimate of drug-likeness (QED) is 0.540. The van der Waals surface area contributed by atoms with E-state index in [4.69, 9.17) is 11.6 Å². The van der Waals surface area contributed by atoms with Gasteiger partial charge in [-0.25, -0.2) is 0 Å². The fourth-order valence-electron chi connectivity index (χ4n) is 5.84. The summed E-state index contributed by atoms with van der Waals surface area (Å²) in [4.78, 5) is 31.3. The molecule has 7 heteroatoms. The lowest BCUT2D eigenvalue weighted by Crippen LogP contribution is -2.49. The lowest BCUT2D eigenvalue weighted by atomic mass is 9.82. The molecule has 0 spiro atoms. The molecule has 0 aliphatic carbocycles. The summed E-state index contributed by atoms with van der Waals surface area (Å²) in [5.74, 6) is 1.07. The van der Waals surface area contributed by atoms with E-state index in [-0.39, 0.29) is 11.8 Å². The normalized spacial score (nSPS) is 18.9. The first-order valence-corrected chi connectivity index (χ1v) is 13.9. The van der Waals surface area contributed by atoms with Crippen molar-refractivity contribution in [3.63, 3.8) is 0 Å². The molecule has 2 saturated heterocycles. The van der Waals surface area contributed by atoms with Gasteiger partial charge in [0.05, 0.1) is 10.6 Å². The first-order valence-electron chi connectivity index (χ1n) is 13.6. The second-order valence-electron chi connectivity index (χ2n) is 10.8. The summed E-state index contributed by atoms with van der Waals surface area (Å²) in [6, 6.07) is 15.1. The van der Waals surface area contributed by atoms with Gasteiger partial charge in [-0.1, -0.05) is 48.9 Å². The Morgan fingerprint density at radius 3 is 2.11 bits per heavy atom. The smallest absolute Gasteiger partial charge is 0.259 e. The van der Waals surface area contributed by atoms with Crippen molar-refractivity contribution in [2.75, 3.05) is 45.2 Å². The van der Waals surface area contributed by atoms with Gasteiger partial charge in [0.1, 0.15) is 0 Å². The van der Waals surface area contributed by atoms with Gasteiger partial charge >= 0.3 is 0 Å². The molecule has 2 aliphatic heterocycles. The second-order valence-corrected chi connectivity index (χ2v) is 11.3. The number of carbonyl (C=O) groups excluding carboxylic acids is 2. The monoisotopic (exact) mass is 525 g/mol. The summed E-state index contributed by atoms with van der Waals surface area (Å²) in [7, 11) is 3.46. The number of rotatable bonds is 7. The largest absolute Gasteiger partial charge is 0.375 e. The third-order valence-corrected chi connectivity index (χ3v) is 8.57. The predicted octanol–water partition coefficient (Wildman–Crippen LogP) is 5.18. The highest BCUT2D eigenvalue weighted by Crippen LogP contribution is 2.34. The van der Waals surface area contributed by atoms with Crippen molar-refractivity contribution in [3.8, 4) is 0 Å². The number of halogens is 1. The van der Waals surface area contributed by atoms with Gasteiger partial charge in [0.15, 0.2) is 5.60 Å². The van der Waals surface area contributed by atoms with E-state index in [0.717, 1.165) is 44.5 Å². The highest BCUT2D eigenvalue weighted by molar-refractivity contribution is 6.34. The molecule has 0 saturated carbocycles. The third kappa shape index (κ3) is 6.12. The van der Waals surface area contributed by atoms with Crippen molar-refractivity contribution >= 4 is 29.1 Å². The predicted molar refractivity (Wildman–Crippen MR) is 149 cm³/mol. The molecule has 6 nitrogen and oxygen atoms in total. The van der Waals surface area contributed by atoms with E-state index < -0.39 is 5.60 Å². The van der Waals surface area contributed by atoms with Crippen molar-refractivity contribution in [1.29, 1.82) is 0 Å². The van der Waals surface area contributed by atoms with Crippen LogP contribution in [0.4, 0.5) is 5.69 Å². The molecule has 1 unspecified atom stereocenters. The number of aliphatic hydroxyl groups is 1. The van der Waals surface area contributed by atoms with Crippen LogP contribution in [0.2, 0.25) is 5.02 Å². The van der Waals surface area contributed by atoms with Gasteiger partial charge in [-0.15, -0.1) is 0 Å². The number of hydrogen-bond acceptors (Lipinski definition) is 4. The van der Waals surface area contributed by atoms with E-state index in [1.807, 2.05) is 60.4 Å². The molecule has 0 bridgehead atoms.